The molecule has 1 amide bonds. The molecule has 1 aromatic rings. The van der Waals surface area contributed by atoms with Crippen molar-refractivity contribution < 1.29 is 17.6 Å². The third-order valence-corrected chi connectivity index (χ3v) is 5.71. The normalized spacial score (nSPS) is 18.7. The minimum Gasteiger partial charge on any atom is -0.396 e. The van der Waals surface area contributed by atoms with E-state index in [1.807, 2.05) is 0 Å². The van der Waals surface area contributed by atoms with Gasteiger partial charge in [-0.3, -0.25) is 4.79 Å². The molecule has 6 nitrogen and oxygen atoms in total. The van der Waals surface area contributed by atoms with Crippen molar-refractivity contribution in [1.29, 1.82) is 0 Å². The van der Waals surface area contributed by atoms with Crippen molar-refractivity contribution >= 4 is 33.2 Å². The Morgan fingerprint density at radius 2 is 2.23 bits per heavy atom. The molecule has 1 aliphatic rings. The Kier molecular flexibility index (Phi) is 4.93. The molecule has 0 saturated carbocycles. The van der Waals surface area contributed by atoms with Gasteiger partial charge >= 0.3 is 0 Å². The first kappa shape index (κ1) is 17.0. The average Bonchev–Trinajstić information content (AvgIpc) is 2.92. The van der Waals surface area contributed by atoms with Crippen LogP contribution in [0.15, 0.2) is 12.1 Å². The van der Waals surface area contributed by atoms with Gasteiger partial charge < -0.3 is 10.6 Å². The number of rotatable bonds is 4. The summed E-state index contributed by atoms with van der Waals surface area (Å²) >= 11 is 5.74. The molecule has 22 heavy (non-hydrogen) atoms. The van der Waals surface area contributed by atoms with E-state index in [4.69, 9.17) is 17.3 Å². The van der Waals surface area contributed by atoms with Gasteiger partial charge in [-0.15, -0.1) is 0 Å². The molecule has 1 fully saturated rings. The van der Waals surface area contributed by atoms with E-state index < -0.39 is 27.0 Å². The van der Waals surface area contributed by atoms with Gasteiger partial charge in [0.15, 0.2) is 0 Å². The summed E-state index contributed by atoms with van der Waals surface area (Å²) in [5.41, 5.74) is 5.24. The maximum Gasteiger partial charge on any atom is 0.256 e. The summed E-state index contributed by atoms with van der Waals surface area (Å²) in [5.74, 6) is -1.29. The maximum absolute atomic E-state index is 13.6. The Bertz CT molecular complexity index is 696. The number of nitrogens with zero attached hydrogens (tertiary/aromatic N) is 1. The number of sulfonamides is 1. The molecular formula is C13H17ClFN3O3S. The van der Waals surface area contributed by atoms with Crippen LogP contribution >= 0.6 is 11.6 Å². The van der Waals surface area contributed by atoms with E-state index in [0.29, 0.717) is 13.0 Å². The molecular weight excluding hydrogens is 333 g/mol. The number of nitrogens with one attached hydrogen (secondary N) is 1. The molecule has 3 N–H and O–H groups in total. The van der Waals surface area contributed by atoms with E-state index in [1.54, 1.807) is 6.92 Å². The van der Waals surface area contributed by atoms with Crippen LogP contribution in [0.25, 0.3) is 0 Å². The molecule has 0 aliphatic carbocycles. The van der Waals surface area contributed by atoms with Crippen molar-refractivity contribution in [2.45, 2.75) is 18.6 Å². The Hall–Kier alpha value is -1.38. The van der Waals surface area contributed by atoms with Gasteiger partial charge in [0.25, 0.3) is 5.91 Å². The lowest BCUT2D eigenvalue weighted by molar-refractivity contribution is 0.0794. The number of carbonyl (C=O) groups excluding carboxylic acids is 1. The average molecular weight is 350 g/mol. The summed E-state index contributed by atoms with van der Waals surface area (Å²) < 4.78 is 39.9. The quantitative estimate of drug-likeness (QED) is 0.799. The second-order valence-corrected chi connectivity index (χ2v) is 7.54. The van der Waals surface area contributed by atoms with Crippen LogP contribution in [-0.2, 0) is 10.0 Å². The first-order valence-electron chi connectivity index (χ1n) is 6.78. The number of halogens is 2. The van der Waals surface area contributed by atoms with E-state index in [-0.39, 0.29) is 29.4 Å². The molecule has 2 rings (SSSR count). The summed E-state index contributed by atoms with van der Waals surface area (Å²) in [7, 11) is -3.46. The number of nitrogen functional groups attached to an aromatic ring is 1. The molecule has 0 aromatic heterocycles. The molecule has 9 heteroatoms. The monoisotopic (exact) mass is 349 g/mol. The van der Waals surface area contributed by atoms with Gasteiger partial charge in [0.1, 0.15) is 5.82 Å². The lowest BCUT2D eigenvalue weighted by Gasteiger charge is -2.18. The van der Waals surface area contributed by atoms with Gasteiger partial charge in [-0.05, 0) is 18.6 Å². The van der Waals surface area contributed by atoms with E-state index in [1.165, 1.54) is 11.0 Å². The summed E-state index contributed by atoms with van der Waals surface area (Å²) in [6, 6.07) is 2.31. The number of anilines is 1. The highest BCUT2D eigenvalue weighted by Crippen LogP contribution is 2.26. The SMILES string of the molecule is CCNS(=O)(=O)C1CCN(C(=O)c2cc(Cl)cc(F)c2N)C1. The first-order valence-corrected chi connectivity index (χ1v) is 8.71. The van der Waals surface area contributed by atoms with Crippen LogP contribution in [-0.4, -0.2) is 44.1 Å². The minimum absolute atomic E-state index is 0.0434. The number of amides is 1. The Labute approximate surface area is 133 Å². The Morgan fingerprint density at radius 3 is 2.86 bits per heavy atom. The van der Waals surface area contributed by atoms with Crippen molar-refractivity contribution in [1.82, 2.24) is 9.62 Å². The van der Waals surface area contributed by atoms with Gasteiger partial charge in [-0.2, -0.15) is 0 Å². The topological polar surface area (TPSA) is 92.5 Å². The van der Waals surface area contributed by atoms with Crippen molar-refractivity contribution in [2.75, 3.05) is 25.4 Å². The second-order valence-electron chi connectivity index (χ2n) is 5.05. The predicted octanol–water partition coefficient (Wildman–Crippen LogP) is 1.22. The molecule has 1 atom stereocenters. The lowest BCUT2D eigenvalue weighted by atomic mass is 10.1. The zero-order chi connectivity index (χ0) is 16.5. The van der Waals surface area contributed by atoms with Crippen molar-refractivity contribution in [2.24, 2.45) is 0 Å². The van der Waals surface area contributed by atoms with E-state index in [9.17, 15) is 17.6 Å². The molecule has 1 aromatic carbocycles. The molecule has 0 bridgehead atoms. The maximum atomic E-state index is 13.6. The van der Waals surface area contributed by atoms with E-state index in [0.717, 1.165) is 6.07 Å². The first-order chi connectivity index (χ1) is 10.3. The zero-order valence-electron chi connectivity index (χ0n) is 12.0. The van der Waals surface area contributed by atoms with Gasteiger partial charge in [-0.1, -0.05) is 18.5 Å². The van der Waals surface area contributed by atoms with Crippen molar-refractivity contribution in [3.8, 4) is 0 Å². The summed E-state index contributed by atoms with van der Waals surface area (Å²) in [5, 5.41) is -0.618. The fourth-order valence-electron chi connectivity index (χ4n) is 2.42. The van der Waals surface area contributed by atoms with Crippen LogP contribution in [0.4, 0.5) is 10.1 Å². The third-order valence-electron chi connectivity index (χ3n) is 3.54. The predicted molar refractivity (Wildman–Crippen MR) is 82.7 cm³/mol. The van der Waals surface area contributed by atoms with Crippen LogP contribution in [0.5, 0.6) is 0 Å². The zero-order valence-corrected chi connectivity index (χ0v) is 13.5. The fourth-order valence-corrected chi connectivity index (χ4v) is 4.05. The highest BCUT2D eigenvalue weighted by molar-refractivity contribution is 7.90. The number of benzene rings is 1. The highest BCUT2D eigenvalue weighted by Gasteiger charge is 2.35. The molecule has 122 valence electrons. The van der Waals surface area contributed by atoms with Crippen LogP contribution in [0.3, 0.4) is 0 Å². The lowest BCUT2D eigenvalue weighted by Crippen LogP contribution is -2.37. The molecule has 1 aliphatic heterocycles. The van der Waals surface area contributed by atoms with Crippen molar-refractivity contribution in [3.05, 3.63) is 28.5 Å². The standard InChI is InChI=1S/C13H17ClFN3O3S/c1-2-17-22(20,21)9-3-4-18(7-9)13(19)10-5-8(14)6-11(15)12(10)16/h5-6,9,17H,2-4,7,16H2,1H3. The van der Waals surface area contributed by atoms with Crippen LogP contribution in [0, 0.1) is 5.82 Å². The van der Waals surface area contributed by atoms with Gasteiger partial charge in [-0.25, -0.2) is 17.5 Å². The molecule has 0 radical (unpaired) electrons. The number of likely N-dealkylation sites (tertiary alicyclic amines) is 1. The van der Waals surface area contributed by atoms with E-state index in [2.05, 4.69) is 4.72 Å². The highest BCUT2D eigenvalue weighted by atomic mass is 35.5. The number of hydrogen-bond donors (Lipinski definition) is 2. The van der Waals surface area contributed by atoms with Crippen LogP contribution < -0.4 is 10.5 Å². The number of carbonyl (C=O) groups is 1. The summed E-state index contributed by atoms with van der Waals surface area (Å²) in [4.78, 5) is 13.8. The third kappa shape index (κ3) is 3.34. The smallest absolute Gasteiger partial charge is 0.256 e. The van der Waals surface area contributed by atoms with Crippen molar-refractivity contribution in [3.63, 3.8) is 0 Å². The molecule has 1 saturated heterocycles. The number of nitrogens with two attached hydrogens (primary N) is 1. The van der Waals surface area contributed by atoms with E-state index >= 15 is 0 Å². The summed E-state index contributed by atoms with van der Waals surface area (Å²) in [6.07, 6.45) is 0.323. The van der Waals surface area contributed by atoms with Gasteiger partial charge in [0, 0.05) is 24.7 Å². The molecule has 1 unspecified atom stereocenters. The van der Waals surface area contributed by atoms with Crippen LogP contribution in [0.2, 0.25) is 5.02 Å². The second kappa shape index (κ2) is 6.39. The number of hydrogen-bond acceptors (Lipinski definition) is 4. The van der Waals surface area contributed by atoms with Gasteiger partial charge in [0.2, 0.25) is 10.0 Å². The van der Waals surface area contributed by atoms with Gasteiger partial charge in [0.05, 0.1) is 16.5 Å². The largest absolute Gasteiger partial charge is 0.396 e. The molecule has 0 spiro atoms. The minimum atomic E-state index is -3.46. The molecule has 1 heterocycles. The summed E-state index contributed by atoms with van der Waals surface area (Å²) in [6.45, 7) is 2.29. The van der Waals surface area contributed by atoms with Crippen LogP contribution in [0.1, 0.15) is 23.7 Å². The fraction of sp³-hybridized carbons (Fsp3) is 0.462. The Balaban J connectivity index is 2.20. The Morgan fingerprint density at radius 1 is 1.55 bits per heavy atom.